The Kier molecular flexibility index (Phi) is 4.66. The molecular formula is C12H15BrFN3O3S. The van der Waals surface area contributed by atoms with Crippen molar-refractivity contribution in [3.8, 4) is 0 Å². The molecule has 0 saturated carbocycles. The van der Waals surface area contributed by atoms with Gasteiger partial charge in [-0.25, -0.2) is 17.9 Å². The summed E-state index contributed by atoms with van der Waals surface area (Å²) in [5.41, 5.74) is 5.74. The molecule has 0 aromatic heterocycles. The summed E-state index contributed by atoms with van der Waals surface area (Å²) in [6.45, 7) is 0.854. The molecule has 1 aliphatic rings. The third-order valence-electron chi connectivity index (χ3n) is 3.29. The quantitative estimate of drug-likeness (QED) is 0.792. The molecule has 6 nitrogen and oxygen atoms in total. The fourth-order valence-corrected chi connectivity index (χ4v) is 4.00. The molecule has 1 aromatic carbocycles. The first-order chi connectivity index (χ1) is 9.70. The molecule has 0 aliphatic carbocycles. The van der Waals surface area contributed by atoms with Gasteiger partial charge in [-0.1, -0.05) is 0 Å². The summed E-state index contributed by atoms with van der Waals surface area (Å²) in [5.74, 6) is -1.31. The standard InChI is InChI=1S/C12H15BrFN3O3S/c13-11-9(4-7(14)5-10(11)21(16,19)20)12(18)17-3-1-2-8(15)6-17/h4-5,8H,1-3,6,15H2,(H2,16,19,20). The highest BCUT2D eigenvalue weighted by atomic mass is 79.9. The van der Waals surface area contributed by atoms with Gasteiger partial charge in [-0.3, -0.25) is 4.79 Å². The van der Waals surface area contributed by atoms with Crippen LogP contribution in [0.1, 0.15) is 23.2 Å². The second-order valence-corrected chi connectivity index (χ2v) is 7.29. The van der Waals surface area contributed by atoms with E-state index >= 15 is 0 Å². The lowest BCUT2D eigenvalue weighted by molar-refractivity contribution is 0.0707. The maximum atomic E-state index is 13.6. The van der Waals surface area contributed by atoms with Crippen LogP contribution in [0.3, 0.4) is 0 Å². The molecular weight excluding hydrogens is 365 g/mol. The number of rotatable bonds is 2. The maximum absolute atomic E-state index is 13.6. The maximum Gasteiger partial charge on any atom is 0.255 e. The van der Waals surface area contributed by atoms with E-state index in [1.807, 2.05) is 0 Å². The van der Waals surface area contributed by atoms with Crippen LogP contribution in [-0.4, -0.2) is 38.4 Å². The third kappa shape index (κ3) is 3.60. The van der Waals surface area contributed by atoms with Crippen LogP contribution >= 0.6 is 15.9 Å². The van der Waals surface area contributed by atoms with Gasteiger partial charge in [-0.2, -0.15) is 0 Å². The van der Waals surface area contributed by atoms with E-state index in [4.69, 9.17) is 10.9 Å². The molecule has 1 atom stereocenters. The van der Waals surface area contributed by atoms with E-state index in [1.54, 1.807) is 0 Å². The van der Waals surface area contributed by atoms with Crippen molar-refractivity contribution in [2.75, 3.05) is 13.1 Å². The van der Waals surface area contributed by atoms with E-state index in [0.717, 1.165) is 25.0 Å². The molecule has 1 saturated heterocycles. The molecule has 1 aromatic rings. The van der Waals surface area contributed by atoms with Gasteiger partial charge in [0.25, 0.3) is 5.91 Å². The number of amides is 1. The van der Waals surface area contributed by atoms with Crippen LogP contribution in [0.25, 0.3) is 0 Å². The van der Waals surface area contributed by atoms with Crippen LogP contribution in [-0.2, 0) is 10.0 Å². The second-order valence-electron chi connectivity index (χ2n) is 4.96. The SMILES string of the molecule is NC1CCCN(C(=O)c2cc(F)cc(S(N)(=O)=O)c2Br)C1. The first-order valence-electron chi connectivity index (χ1n) is 6.27. The molecule has 4 N–H and O–H groups in total. The molecule has 1 unspecified atom stereocenters. The highest BCUT2D eigenvalue weighted by molar-refractivity contribution is 9.10. The van der Waals surface area contributed by atoms with Gasteiger partial charge in [0.05, 0.1) is 14.9 Å². The Morgan fingerprint density at radius 3 is 2.67 bits per heavy atom. The number of piperidine rings is 1. The number of primary sulfonamides is 1. The van der Waals surface area contributed by atoms with Crippen molar-refractivity contribution in [2.24, 2.45) is 10.9 Å². The monoisotopic (exact) mass is 379 g/mol. The summed E-state index contributed by atoms with van der Waals surface area (Å²) >= 11 is 3.03. The number of sulfonamides is 1. The van der Waals surface area contributed by atoms with Gasteiger partial charge in [0.15, 0.2) is 0 Å². The third-order valence-corrected chi connectivity index (χ3v) is 5.34. The van der Waals surface area contributed by atoms with Gasteiger partial charge in [0, 0.05) is 19.1 Å². The fourth-order valence-electron chi connectivity index (χ4n) is 2.29. The van der Waals surface area contributed by atoms with Crippen molar-refractivity contribution < 1.29 is 17.6 Å². The first kappa shape index (κ1) is 16.3. The highest BCUT2D eigenvalue weighted by Crippen LogP contribution is 2.28. The predicted octanol–water partition coefficient (Wildman–Crippen LogP) is 0.799. The van der Waals surface area contributed by atoms with Crippen molar-refractivity contribution in [3.63, 3.8) is 0 Å². The van der Waals surface area contributed by atoms with Crippen LogP contribution in [0, 0.1) is 5.82 Å². The van der Waals surface area contributed by atoms with Gasteiger partial charge in [0.2, 0.25) is 10.0 Å². The zero-order valence-electron chi connectivity index (χ0n) is 11.1. The molecule has 1 amide bonds. The highest BCUT2D eigenvalue weighted by Gasteiger charge is 2.27. The summed E-state index contributed by atoms with van der Waals surface area (Å²) in [5, 5.41) is 5.03. The number of hydrogen-bond donors (Lipinski definition) is 2. The van der Waals surface area contributed by atoms with Crippen molar-refractivity contribution in [1.82, 2.24) is 4.90 Å². The average Bonchev–Trinajstić information content (AvgIpc) is 2.39. The molecule has 21 heavy (non-hydrogen) atoms. The molecule has 0 spiro atoms. The van der Waals surface area contributed by atoms with Crippen molar-refractivity contribution in [1.29, 1.82) is 0 Å². The zero-order chi connectivity index (χ0) is 15.8. The Hall–Kier alpha value is -1.03. The summed E-state index contributed by atoms with van der Waals surface area (Å²) < 4.78 is 36.5. The summed E-state index contributed by atoms with van der Waals surface area (Å²) in [6.07, 6.45) is 1.57. The number of carbonyl (C=O) groups is 1. The number of carbonyl (C=O) groups excluding carboxylic acids is 1. The van der Waals surface area contributed by atoms with Crippen molar-refractivity contribution in [2.45, 2.75) is 23.8 Å². The zero-order valence-corrected chi connectivity index (χ0v) is 13.5. The van der Waals surface area contributed by atoms with Gasteiger partial charge in [-0.05, 0) is 40.9 Å². The van der Waals surface area contributed by atoms with Crippen LogP contribution < -0.4 is 10.9 Å². The second kappa shape index (κ2) is 5.99. The van der Waals surface area contributed by atoms with E-state index in [1.165, 1.54) is 4.90 Å². The molecule has 9 heteroatoms. The minimum Gasteiger partial charge on any atom is -0.337 e. The molecule has 2 rings (SSSR count). The van der Waals surface area contributed by atoms with Crippen LogP contribution in [0.2, 0.25) is 0 Å². The van der Waals surface area contributed by atoms with E-state index < -0.39 is 26.6 Å². The van der Waals surface area contributed by atoms with Gasteiger partial charge in [-0.15, -0.1) is 0 Å². The summed E-state index contributed by atoms with van der Waals surface area (Å²) in [7, 11) is -4.14. The average molecular weight is 380 g/mol. The van der Waals surface area contributed by atoms with E-state index in [-0.39, 0.29) is 16.1 Å². The number of likely N-dealkylation sites (tertiary alicyclic amines) is 1. The van der Waals surface area contributed by atoms with Crippen LogP contribution in [0.4, 0.5) is 4.39 Å². The molecule has 116 valence electrons. The molecule has 1 fully saturated rings. The van der Waals surface area contributed by atoms with Crippen LogP contribution in [0.15, 0.2) is 21.5 Å². The number of nitrogens with zero attached hydrogens (tertiary/aromatic N) is 1. The largest absolute Gasteiger partial charge is 0.337 e. The number of benzene rings is 1. The minimum atomic E-state index is -4.14. The van der Waals surface area contributed by atoms with Crippen molar-refractivity contribution >= 4 is 31.9 Å². The van der Waals surface area contributed by atoms with E-state index in [9.17, 15) is 17.6 Å². The normalized spacial score (nSPS) is 19.6. The summed E-state index contributed by atoms with van der Waals surface area (Å²) in [4.78, 5) is 13.5. The van der Waals surface area contributed by atoms with E-state index in [2.05, 4.69) is 15.9 Å². The van der Waals surface area contributed by atoms with Gasteiger partial charge in [0.1, 0.15) is 5.82 Å². The molecule has 1 aliphatic heterocycles. The lowest BCUT2D eigenvalue weighted by Gasteiger charge is -2.31. The lowest BCUT2D eigenvalue weighted by Crippen LogP contribution is -2.45. The molecule has 0 bridgehead atoms. The minimum absolute atomic E-state index is 0.0319. The number of hydrogen-bond acceptors (Lipinski definition) is 4. The first-order valence-corrected chi connectivity index (χ1v) is 8.61. The van der Waals surface area contributed by atoms with E-state index in [0.29, 0.717) is 13.1 Å². The Bertz CT molecular complexity index is 681. The fraction of sp³-hybridized carbons (Fsp3) is 0.417. The Morgan fingerprint density at radius 1 is 1.43 bits per heavy atom. The topological polar surface area (TPSA) is 106 Å². The molecule has 1 heterocycles. The lowest BCUT2D eigenvalue weighted by atomic mass is 10.1. The Labute approximate surface area is 130 Å². The number of halogens is 2. The van der Waals surface area contributed by atoms with Gasteiger partial charge < -0.3 is 10.6 Å². The predicted molar refractivity (Wildman–Crippen MR) is 78.6 cm³/mol. The number of nitrogens with two attached hydrogens (primary N) is 2. The van der Waals surface area contributed by atoms with Crippen molar-refractivity contribution in [3.05, 3.63) is 28.0 Å². The smallest absolute Gasteiger partial charge is 0.255 e. The van der Waals surface area contributed by atoms with Crippen LogP contribution in [0.5, 0.6) is 0 Å². The Balaban J connectivity index is 2.44. The molecule has 0 radical (unpaired) electrons. The summed E-state index contributed by atoms with van der Waals surface area (Å²) in [6, 6.07) is 1.63. The Morgan fingerprint density at radius 2 is 2.10 bits per heavy atom. The van der Waals surface area contributed by atoms with Gasteiger partial charge >= 0.3 is 0 Å².